The number of rotatable bonds is 2. The van der Waals surface area contributed by atoms with Crippen LogP contribution in [0.3, 0.4) is 0 Å². The van der Waals surface area contributed by atoms with Gasteiger partial charge in [0.25, 0.3) is 5.91 Å². The van der Waals surface area contributed by atoms with Crippen molar-refractivity contribution < 1.29 is 18.8 Å². The topological polar surface area (TPSA) is 82.1 Å². The Labute approximate surface area is 292 Å². The number of carbonyl (C=O) groups is 1. The summed E-state index contributed by atoms with van der Waals surface area (Å²) in [4.78, 5) is 18.6. The number of nitrogens with zero attached hydrogens (tertiary/aromatic N) is 2. The molecule has 0 radical (unpaired) electrons. The van der Waals surface area contributed by atoms with Crippen LogP contribution in [0, 0.1) is 23.7 Å². The van der Waals surface area contributed by atoms with Crippen LogP contribution in [0.2, 0.25) is 5.02 Å². The van der Waals surface area contributed by atoms with Gasteiger partial charge in [0.15, 0.2) is 0 Å². The van der Waals surface area contributed by atoms with Crippen molar-refractivity contribution in [2.75, 3.05) is 44.2 Å². The van der Waals surface area contributed by atoms with E-state index < -0.39 is 15.3 Å². The van der Waals surface area contributed by atoms with Gasteiger partial charge in [-0.3, -0.25) is 9.52 Å². The molecule has 8 atom stereocenters. The van der Waals surface area contributed by atoms with Crippen molar-refractivity contribution in [3.63, 3.8) is 0 Å². The van der Waals surface area contributed by atoms with E-state index in [-0.39, 0.29) is 28.4 Å². The van der Waals surface area contributed by atoms with E-state index >= 15 is 0 Å². The van der Waals surface area contributed by atoms with Crippen molar-refractivity contribution in [2.24, 2.45) is 23.7 Å². The van der Waals surface area contributed by atoms with Gasteiger partial charge in [-0.1, -0.05) is 37.9 Å². The number of hydrogen-bond acceptors (Lipinski definition) is 6. The second kappa shape index (κ2) is 13.1. The summed E-state index contributed by atoms with van der Waals surface area (Å²) in [5.74, 6) is 5.70. The Morgan fingerprint density at radius 1 is 1.06 bits per heavy atom. The van der Waals surface area contributed by atoms with Crippen molar-refractivity contribution >= 4 is 38.8 Å². The molecule has 2 aliphatic carbocycles. The third-order valence-electron chi connectivity index (χ3n) is 12.8. The fourth-order valence-corrected chi connectivity index (χ4v) is 11.3. The first-order valence-corrected chi connectivity index (χ1v) is 20.5. The molecule has 3 heterocycles. The summed E-state index contributed by atoms with van der Waals surface area (Å²) in [6, 6.07) is 11.9. The van der Waals surface area contributed by atoms with Crippen LogP contribution < -0.4 is 14.4 Å². The molecule has 3 aliphatic heterocycles. The number of anilines is 1. The van der Waals surface area contributed by atoms with E-state index in [9.17, 15) is 14.1 Å². The standard InChI is InChI=1S/C39H54ClN3O4S/c1-26-15-18-42(21-26)24-39(45)17-5-7-27(2)28(3)48(4,46)41-37(44)30-10-14-36-35(20-30)43(22-31-9-12-34(31)39)23-38(25-47-36)16-6-8-29-19-32(40)11-13-33(29)38/h10-11,13-14,19-20,26-28,31,34,45H,4-9,12,15-18,21-25H2,1-3H3,(H,41,44,46)/t26-,27+,28-,31+,34-,38+,39-,48?/m1/s1. The van der Waals surface area contributed by atoms with E-state index in [0.29, 0.717) is 30.6 Å². The summed E-state index contributed by atoms with van der Waals surface area (Å²) in [7, 11) is -2.92. The Morgan fingerprint density at radius 2 is 1.90 bits per heavy atom. The summed E-state index contributed by atoms with van der Waals surface area (Å²) in [5, 5.41) is 13.2. The lowest BCUT2D eigenvalue weighted by atomic mass is 9.62. The lowest BCUT2D eigenvalue weighted by Gasteiger charge is -2.51. The zero-order valence-electron chi connectivity index (χ0n) is 29.0. The molecule has 2 aromatic carbocycles. The Morgan fingerprint density at radius 3 is 2.65 bits per heavy atom. The van der Waals surface area contributed by atoms with Crippen molar-refractivity contribution in [1.29, 1.82) is 0 Å². The van der Waals surface area contributed by atoms with Gasteiger partial charge in [0, 0.05) is 47.4 Å². The molecule has 1 spiro atoms. The molecule has 262 valence electrons. The molecular weight excluding hydrogens is 642 g/mol. The number of nitrogens with one attached hydrogen (secondary N) is 1. The number of carbonyl (C=O) groups excluding carboxylic acids is 1. The second-order valence-corrected chi connectivity index (χ2v) is 19.0. The van der Waals surface area contributed by atoms with Gasteiger partial charge in [-0.2, -0.15) is 0 Å². The average molecular weight is 696 g/mol. The minimum absolute atomic E-state index is 0.0804. The maximum absolute atomic E-state index is 13.9. The van der Waals surface area contributed by atoms with Crippen molar-refractivity contribution in [3.05, 3.63) is 58.1 Å². The van der Waals surface area contributed by atoms with E-state index in [0.717, 1.165) is 94.0 Å². The van der Waals surface area contributed by atoms with Crippen LogP contribution >= 0.6 is 11.6 Å². The Kier molecular flexibility index (Phi) is 9.36. The molecular formula is C39H54ClN3O4S. The predicted molar refractivity (Wildman–Crippen MR) is 197 cm³/mol. The lowest BCUT2D eigenvalue weighted by molar-refractivity contribution is -0.103. The van der Waals surface area contributed by atoms with Gasteiger partial charge < -0.3 is 19.6 Å². The molecule has 2 bridgehead atoms. The number of benzene rings is 2. The fourth-order valence-electron chi connectivity index (χ4n) is 9.62. The Bertz CT molecular complexity index is 1650. The number of amides is 1. The maximum atomic E-state index is 13.9. The quantitative estimate of drug-likeness (QED) is 0.350. The number of hydrogen-bond donors (Lipinski definition) is 2. The van der Waals surface area contributed by atoms with Gasteiger partial charge in [-0.05, 0) is 136 Å². The highest BCUT2D eigenvalue weighted by Gasteiger charge is 2.49. The summed E-state index contributed by atoms with van der Waals surface area (Å²) < 4.78 is 23.4. The van der Waals surface area contributed by atoms with Gasteiger partial charge in [-0.25, -0.2) is 4.21 Å². The van der Waals surface area contributed by atoms with Gasteiger partial charge in [0.05, 0.1) is 27.6 Å². The first kappa shape index (κ1) is 34.2. The molecule has 48 heavy (non-hydrogen) atoms. The number of β-amino-alcohol motifs (C(OH)–C–C–N with tert-alkyl or cyclic N) is 1. The minimum atomic E-state index is -2.92. The molecule has 2 fully saturated rings. The number of halogens is 1. The normalized spacial score (nSPS) is 37.5. The SMILES string of the molecule is C=S1(=O)NC(=O)c2ccc3c(c2)N(C[C@@H]2CC[C@H]2[C@](O)(CN2CC[C@@H](C)C2)CCC[C@H](C)[C@H]1C)C[C@@]1(CCCc2cc(Cl)ccc21)CO3. The monoisotopic (exact) mass is 695 g/mol. The summed E-state index contributed by atoms with van der Waals surface area (Å²) in [5.41, 5.74) is 2.94. The third-order valence-corrected chi connectivity index (χ3v) is 15.2. The van der Waals surface area contributed by atoms with Crippen molar-refractivity contribution in [1.82, 2.24) is 9.62 Å². The summed E-state index contributed by atoms with van der Waals surface area (Å²) in [6.07, 6.45) is 8.75. The molecule has 7 rings (SSSR count). The van der Waals surface area contributed by atoms with Gasteiger partial charge in [-0.15, -0.1) is 0 Å². The molecule has 7 nitrogen and oxygen atoms in total. The number of aryl methyl sites for hydroxylation is 1. The molecule has 1 amide bonds. The maximum Gasteiger partial charge on any atom is 0.262 e. The van der Waals surface area contributed by atoms with Crippen LogP contribution in [-0.4, -0.2) is 76.2 Å². The smallest absolute Gasteiger partial charge is 0.262 e. The van der Waals surface area contributed by atoms with Crippen LogP contribution in [0.5, 0.6) is 5.75 Å². The van der Waals surface area contributed by atoms with Crippen molar-refractivity contribution in [2.45, 2.75) is 94.8 Å². The third kappa shape index (κ3) is 6.52. The van der Waals surface area contributed by atoms with Crippen molar-refractivity contribution in [3.8, 4) is 5.75 Å². The fraction of sp³-hybridized carbons (Fsp3) is 0.641. The molecule has 1 unspecified atom stereocenters. The van der Waals surface area contributed by atoms with E-state index in [4.69, 9.17) is 16.3 Å². The van der Waals surface area contributed by atoms with Crippen LogP contribution in [0.1, 0.15) is 93.6 Å². The van der Waals surface area contributed by atoms with E-state index in [2.05, 4.69) is 46.4 Å². The molecule has 2 aromatic rings. The first-order valence-electron chi connectivity index (χ1n) is 18.3. The zero-order valence-corrected chi connectivity index (χ0v) is 30.6. The summed E-state index contributed by atoms with van der Waals surface area (Å²) >= 11 is 6.48. The van der Waals surface area contributed by atoms with E-state index in [1.54, 1.807) is 6.07 Å². The zero-order chi connectivity index (χ0) is 33.8. The molecule has 9 heteroatoms. The van der Waals surface area contributed by atoms with Gasteiger partial charge in [0.2, 0.25) is 0 Å². The van der Waals surface area contributed by atoms with Crippen LogP contribution in [0.25, 0.3) is 0 Å². The van der Waals surface area contributed by atoms with Crippen LogP contribution in [-0.2, 0) is 21.5 Å². The summed E-state index contributed by atoms with van der Waals surface area (Å²) in [6.45, 7) is 11.2. The minimum Gasteiger partial charge on any atom is -0.490 e. The van der Waals surface area contributed by atoms with Gasteiger partial charge in [0.1, 0.15) is 5.75 Å². The first-order chi connectivity index (χ1) is 22.9. The molecule has 5 aliphatic rings. The highest BCUT2D eigenvalue weighted by Crippen LogP contribution is 2.49. The van der Waals surface area contributed by atoms with Gasteiger partial charge >= 0.3 is 0 Å². The highest BCUT2D eigenvalue weighted by molar-refractivity contribution is 7.99. The second-order valence-electron chi connectivity index (χ2n) is 16.2. The van der Waals surface area contributed by atoms with Crippen LogP contribution in [0.4, 0.5) is 5.69 Å². The lowest BCUT2D eigenvalue weighted by Crippen LogP contribution is -2.56. The molecule has 0 aromatic heterocycles. The molecule has 2 N–H and O–H groups in total. The number of fused-ring (bicyclic) bond motifs is 4. The van der Waals surface area contributed by atoms with E-state index in [1.807, 2.05) is 25.1 Å². The largest absolute Gasteiger partial charge is 0.490 e. The van der Waals surface area contributed by atoms with Crippen LogP contribution in [0.15, 0.2) is 36.4 Å². The molecule has 1 saturated heterocycles. The number of likely N-dealkylation sites (tertiary alicyclic amines) is 1. The number of ether oxygens (including phenoxy) is 1. The number of aliphatic hydroxyl groups is 1. The molecule has 1 saturated carbocycles. The average Bonchev–Trinajstić information content (AvgIpc) is 3.36. The predicted octanol–water partition coefficient (Wildman–Crippen LogP) is 6.48. The Balaban J connectivity index is 1.29. The Hall–Kier alpha value is -2.26. The van der Waals surface area contributed by atoms with E-state index in [1.165, 1.54) is 17.5 Å². The highest BCUT2D eigenvalue weighted by atomic mass is 35.5.